The lowest BCUT2D eigenvalue weighted by molar-refractivity contribution is -0.123. The molecule has 2 amide bonds. The molecule has 0 saturated carbocycles. The van der Waals surface area contributed by atoms with Crippen molar-refractivity contribution in [3.8, 4) is 0 Å². The van der Waals surface area contributed by atoms with Gasteiger partial charge in [-0.15, -0.1) is 0 Å². The van der Waals surface area contributed by atoms with Gasteiger partial charge in [0.2, 0.25) is 11.8 Å². The standard InChI is InChI=1S/C11H15N3O2/c1-7-3-2-4-8(5-7)14-9(11(13)16)6-10(12)15/h2-5,9,14H,6H2,1H3,(H2,12,15)(H2,13,16). The van der Waals surface area contributed by atoms with Gasteiger partial charge in [-0.2, -0.15) is 0 Å². The fourth-order valence-corrected chi connectivity index (χ4v) is 1.36. The fraction of sp³-hybridized carbons (Fsp3) is 0.273. The molecule has 0 fully saturated rings. The number of benzene rings is 1. The number of amides is 2. The van der Waals surface area contributed by atoms with E-state index in [1.807, 2.05) is 25.1 Å². The van der Waals surface area contributed by atoms with Crippen molar-refractivity contribution in [1.82, 2.24) is 0 Å². The van der Waals surface area contributed by atoms with Crippen LogP contribution in [0.25, 0.3) is 0 Å². The molecule has 1 atom stereocenters. The van der Waals surface area contributed by atoms with E-state index in [9.17, 15) is 9.59 Å². The molecule has 1 aromatic carbocycles. The molecule has 1 unspecified atom stereocenters. The van der Waals surface area contributed by atoms with E-state index in [0.29, 0.717) is 0 Å². The number of nitrogens with one attached hydrogen (secondary N) is 1. The second-order valence-corrected chi connectivity index (χ2v) is 3.64. The van der Waals surface area contributed by atoms with Crippen molar-refractivity contribution in [2.45, 2.75) is 19.4 Å². The van der Waals surface area contributed by atoms with Crippen LogP contribution in [0.15, 0.2) is 24.3 Å². The summed E-state index contributed by atoms with van der Waals surface area (Å²) in [6.45, 7) is 1.93. The van der Waals surface area contributed by atoms with Crippen LogP contribution in [0.5, 0.6) is 0 Å². The summed E-state index contributed by atoms with van der Waals surface area (Å²) < 4.78 is 0. The van der Waals surface area contributed by atoms with Gasteiger partial charge in [0.25, 0.3) is 0 Å². The molecule has 0 aromatic heterocycles. The molecule has 0 spiro atoms. The molecule has 86 valence electrons. The Balaban J connectivity index is 2.75. The molecule has 0 aliphatic rings. The summed E-state index contributed by atoms with van der Waals surface area (Å²) in [7, 11) is 0. The summed E-state index contributed by atoms with van der Waals surface area (Å²) in [5.74, 6) is -1.16. The van der Waals surface area contributed by atoms with Crippen LogP contribution >= 0.6 is 0 Å². The Morgan fingerprint density at radius 2 is 2.06 bits per heavy atom. The van der Waals surface area contributed by atoms with Crippen LogP contribution < -0.4 is 16.8 Å². The third-order valence-electron chi connectivity index (χ3n) is 2.11. The number of primary amides is 2. The molecule has 0 aliphatic carbocycles. The summed E-state index contributed by atoms with van der Waals surface area (Å²) in [5.41, 5.74) is 12.0. The van der Waals surface area contributed by atoms with E-state index < -0.39 is 17.9 Å². The summed E-state index contributed by atoms with van der Waals surface area (Å²) in [4.78, 5) is 21.8. The van der Waals surface area contributed by atoms with Crippen LogP contribution in [0.1, 0.15) is 12.0 Å². The van der Waals surface area contributed by atoms with Gasteiger partial charge in [0.15, 0.2) is 0 Å². The fourth-order valence-electron chi connectivity index (χ4n) is 1.36. The largest absolute Gasteiger partial charge is 0.373 e. The lowest BCUT2D eigenvalue weighted by atomic mass is 10.1. The van der Waals surface area contributed by atoms with Crippen LogP contribution in [-0.4, -0.2) is 17.9 Å². The minimum Gasteiger partial charge on any atom is -0.373 e. The number of nitrogens with two attached hydrogens (primary N) is 2. The summed E-state index contributed by atoms with van der Waals surface area (Å²) >= 11 is 0. The third-order valence-corrected chi connectivity index (χ3v) is 2.11. The average Bonchev–Trinajstić information content (AvgIpc) is 2.15. The number of aryl methyl sites for hydroxylation is 1. The predicted molar refractivity (Wildman–Crippen MR) is 61.6 cm³/mol. The molecule has 1 aromatic rings. The second kappa shape index (κ2) is 5.16. The van der Waals surface area contributed by atoms with Crippen molar-refractivity contribution in [3.05, 3.63) is 29.8 Å². The van der Waals surface area contributed by atoms with Crippen LogP contribution in [0, 0.1) is 6.92 Å². The monoisotopic (exact) mass is 221 g/mol. The molecule has 5 heteroatoms. The number of rotatable bonds is 5. The Morgan fingerprint density at radius 3 is 2.56 bits per heavy atom. The molecule has 0 aliphatic heterocycles. The van der Waals surface area contributed by atoms with Crippen molar-refractivity contribution in [2.75, 3.05) is 5.32 Å². The molecule has 5 N–H and O–H groups in total. The maximum Gasteiger partial charge on any atom is 0.240 e. The first kappa shape index (κ1) is 12.0. The quantitative estimate of drug-likeness (QED) is 0.659. The zero-order valence-corrected chi connectivity index (χ0v) is 9.07. The number of carbonyl (C=O) groups is 2. The van der Waals surface area contributed by atoms with E-state index >= 15 is 0 Å². The second-order valence-electron chi connectivity index (χ2n) is 3.64. The SMILES string of the molecule is Cc1cccc(NC(CC(N)=O)C(N)=O)c1. The first-order valence-electron chi connectivity index (χ1n) is 4.90. The number of hydrogen-bond donors (Lipinski definition) is 3. The summed E-state index contributed by atoms with van der Waals surface area (Å²) in [6.07, 6.45) is -0.108. The summed E-state index contributed by atoms with van der Waals surface area (Å²) in [6, 6.07) is 6.67. The van der Waals surface area contributed by atoms with Gasteiger partial charge in [-0.1, -0.05) is 12.1 Å². The van der Waals surface area contributed by atoms with Gasteiger partial charge < -0.3 is 16.8 Å². The van der Waals surface area contributed by atoms with Gasteiger partial charge in [-0.05, 0) is 24.6 Å². The van der Waals surface area contributed by atoms with E-state index in [4.69, 9.17) is 11.5 Å². The van der Waals surface area contributed by atoms with Gasteiger partial charge in [-0.25, -0.2) is 0 Å². The lowest BCUT2D eigenvalue weighted by Gasteiger charge is -2.15. The highest BCUT2D eigenvalue weighted by atomic mass is 16.2. The maximum atomic E-state index is 11.1. The highest BCUT2D eigenvalue weighted by molar-refractivity contribution is 5.88. The van der Waals surface area contributed by atoms with E-state index in [0.717, 1.165) is 11.3 Å². The highest BCUT2D eigenvalue weighted by Crippen LogP contribution is 2.11. The average molecular weight is 221 g/mol. The molecule has 16 heavy (non-hydrogen) atoms. The summed E-state index contributed by atoms with van der Waals surface area (Å²) in [5, 5.41) is 2.88. The van der Waals surface area contributed by atoms with Crippen molar-refractivity contribution >= 4 is 17.5 Å². The zero-order valence-electron chi connectivity index (χ0n) is 9.07. The van der Waals surface area contributed by atoms with Gasteiger partial charge in [0.05, 0.1) is 6.42 Å². The Morgan fingerprint density at radius 1 is 1.38 bits per heavy atom. The van der Waals surface area contributed by atoms with E-state index in [2.05, 4.69) is 5.32 Å². The molecule has 0 bridgehead atoms. The predicted octanol–water partition coefficient (Wildman–Crippen LogP) is 0.136. The number of hydrogen-bond acceptors (Lipinski definition) is 3. The first-order chi connectivity index (χ1) is 7.49. The highest BCUT2D eigenvalue weighted by Gasteiger charge is 2.17. The van der Waals surface area contributed by atoms with Gasteiger partial charge in [-0.3, -0.25) is 9.59 Å². The van der Waals surface area contributed by atoms with Crippen LogP contribution in [0.2, 0.25) is 0 Å². The van der Waals surface area contributed by atoms with Gasteiger partial charge in [0, 0.05) is 5.69 Å². The molecule has 0 radical (unpaired) electrons. The Kier molecular flexibility index (Phi) is 3.88. The third kappa shape index (κ3) is 3.61. The van der Waals surface area contributed by atoms with Crippen LogP contribution in [0.4, 0.5) is 5.69 Å². The minimum absolute atomic E-state index is 0.108. The lowest BCUT2D eigenvalue weighted by Crippen LogP contribution is -2.38. The van der Waals surface area contributed by atoms with Crippen LogP contribution in [0.3, 0.4) is 0 Å². The molecule has 5 nitrogen and oxygen atoms in total. The van der Waals surface area contributed by atoms with Gasteiger partial charge >= 0.3 is 0 Å². The van der Waals surface area contributed by atoms with Crippen molar-refractivity contribution in [1.29, 1.82) is 0 Å². The Bertz CT molecular complexity index is 404. The number of anilines is 1. The molecule has 1 rings (SSSR count). The van der Waals surface area contributed by atoms with E-state index in [1.54, 1.807) is 6.07 Å². The maximum absolute atomic E-state index is 11.1. The van der Waals surface area contributed by atoms with Crippen molar-refractivity contribution < 1.29 is 9.59 Å². The van der Waals surface area contributed by atoms with Crippen molar-refractivity contribution in [2.24, 2.45) is 11.5 Å². The smallest absolute Gasteiger partial charge is 0.240 e. The molecule has 0 saturated heterocycles. The zero-order chi connectivity index (χ0) is 12.1. The topological polar surface area (TPSA) is 98.2 Å². The van der Waals surface area contributed by atoms with Gasteiger partial charge in [0.1, 0.15) is 6.04 Å². The Hall–Kier alpha value is -2.04. The van der Waals surface area contributed by atoms with E-state index in [1.165, 1.54) is 0 Å². The number of carbonyl (C=O) groups excluding carboxylic acids is 2. The molecular weight excluding hydrogens is 206 g/mol. The molecule has 0 heterocycles. The van der Waals surface area contributed by atoms with Crippen molar-refractivity contribution in [3.63, 3.8) is 0 Å². The van der Waals surface area contributed by atoms with Crippen LogP contribution in [-0.2, 0) is 9.59 Å². The first-order valence-corrected chi connectivity index (χ1v) is 4.90. The Labute approximate surface area is 93.8 Å². The minimum atomic E-state index is -0.765. The molecular formula is C11H15N3O2. The van der Waals surface area contributed by atoms with E-state index in [-0.39, 0.29) is 6.42 Å². The normalized spacial score (nSPS) is 11.8.